The largest absolute Gasteiger partial charge is 0.394 e. The predicted molar refractivity (Wildman–Crippen MR) is 72.7 cm³/mol. The van der Waals surface area contributed by atoms with E-state index >= 15 is 0 Å². The first-order valence-corrected chi connectivity index (χ1v) is 6.25. The molecular weight excluding hydrogens is 261 g/mol. The fourth-order valence-corrected chi connectivity index (χ4v) is 1.74. The number of rotatable bonds is 4. The van der Waals surface area contributed by atoms with Crippen molar-refractivity contribution in [1.82, 2.24) is 15.5 Å². The average molecular weight is 277 g/mol. The van der Waals surface area contributed by atoms with Crippen LogP contribution in [0, 0.1) is 12.7 Å². The SMILES string of the molecule is Cc1cc(-c2cc(C(=O)N[C@@H](C)CO)[nH]n2)ccc1F. The molecule has 1 aromatic carbocycles. The van der Waals surface area contributed by atoms with Gasteiger partial charge in [-0.3, -0.25) is 9.89 Å². The first kappa shape index (κ1) is 14.2. The molecular formula is C14H16FN3O2. The molecule has 0 fully saturated rings. The molecule has 0 aliphatic carbocycles. The summed E-state index contributed by atoms with van der Waals surface area (Å²) in [5.41, 5.74) is 2.11. The number of benzene rings is 1. The summed E-state index contributed by atoms with van der Waals surface area (Å²) in [7, 11) is 0. The number of halogens is 1. The third kappa shape index (κ3) is 3.03. The normalized spacial score (nSPS) is 12.2. The number of aliphatic hydroxyl groups excluding tert-OH is 1. The second-order valence-electron chi connectivity index (χ2n) is 4.69. The molecule has 0 aliphatic rings. The topological polar surface area (TPSA) is 78.0 Å². The van der Waals surface area contributed by atoms with Crippen LogP contribution in [0.2, 0.25) is 0 Å². The summed E-state index contributed by atoms with van der Waals surface area (Å²) in [4.78, 5) is 11.8. The summed E-state index contributed by atoms with van der Waals surface area (Å²) in [5.74, 6) is -0.622. The van der Waals surface area contributed by atoms with Gasteiger partial charge >= 0.3 is 0 Å². The molecule has 0 spiro atoms. The smallest absolute Gasteiger partial charge is 0.269 e. The Kier molecular flexibility index (Phi) is 4.14. The van der Waals surface area contributed by atoms with E-state index in [0.717, 1.165) is 5.56 Å². The Labute approximate surface area is 115 Å². The highest BCUT2D eigenvalue weighted by Crippen LogP contribution is 2.20. The maximum atomic E-state index is 13.2. The van der Waals surface area contributed by atoms with Crippen molar-refractivity contribution in [2.24, 2.45) is 0 Å². The summed E-state index contributed by atoms with van der Waals surface area (Å²) in [6.07, 6.45) is 0. The van der Waals surface area contributed by atoms with Crippen molar-refractivity contribution in [2.45, 2.75) is 19.9 Å². The lowest BCUT2D eigenvalue weighted by atomic mass is 10.1. The van der Waals surface area contributed by atoms with Gasteiger partial charge in [0.05, 0.1) is 12.3 Å². The van der Waals surface area contributed by atoms with Crippen molar-refractivity contribution in [3.8, 4) is 11.3 Å². The minimum Gasteiger partial charge on any atom is -0.394 e. The summed E-state index contributed by atoms with van der Waals surface area (Å²) >= 11 is 0. The number of hydrogen-bond acceptors (Lipinski definition) is 3. The Morgan fingerprint density at radius 1 is 1.50 bits per heavy atom. The van der Waals surface area contributed by atoms with Crippen LogP contribution in [-0.4, -0.2) is 33.9 Å². The predicted octanol–water partition coefficient (Wildman–Crippen LogP) is 1.63. The third-order valence-electron chi connectivity index (χ3n) is 2.93. The fourth-order valence-electron chi connectivity index (χ4n) is 1.74. The minimum atomic E-state index is -0.343. The van der Waals surface area contributed by atoms with Crippen LogP contribution in [-0.2, 0) is 0 Å². The van der Waals surface area contributed by atoms with Crippen LogP contribution in [0.5, 0.6) is 0 Å². The van der Waals surface area contributed by atoms with Gasteiger partial charge in [-0.2, -0.15) is 5.10 Å². The van der Waals surface area contributed by atoms with Crippen molar-refractivity contribution in [2.75, 3.05) is 6.61 Å². The molecule has 2 aromatic rings. The first-order chi connectivity index (χ1) is 9.51. The highest BCUT2D eigenvalue weighted by atomic mass is 19.1. The van der Waals surface area contributed by atoms with Gasteiger partial charge in [0.15, 0.2) is 0 Å². The molecule has 1 atom stereocenters. The van der Waals surface area contributed by atoms with E-state index in [1.54, 1.807) is 32.0 Å². The number of nitrogens with zero attached hydrogens (tertiary/aromatic N) is 1. The van der Waals surface area contributed by atoms with Crippen LogP contribution >= 0.6 is 0 Å². The summed E-state index contributed by atoms with van der Waals surface area (Å²) < 4.78 is 13.2. The third-order valence-corrected chi connectivity index (χ3v) is 2.93. The van der Waals surface area contributed by atoms with Crippen molar-refractivity contribution in [1.29, 1.82) is 0 Å². The molecule has 106 valence electrons. The van der Waals surface area contributed by atoms with Crippen LogP contribution in [0.4, 0.5) is 4.39 Å². The van der Waals surface area contributed by atoms with Crippen LogP contribution in [0.3, 0.4) is 0 Å². The molecule has 0 saturated carbocycles. The Morgan fingerprint density at radius 2 is 2.25 bits per heavy atom. The van der Waals surface area contributed by atoms with Gasteiger partial charge in [0.1, 0.15) is 11.5 Å². The van der Waals surface area contributed by atoms with Gasteiger partial charge in [0.2, 0.25) is 0 Å². The van der Waals surface area contributed by atoms with Crippen LogP contribution in [0.15, 0.2) is 24.3 Å². The lowest BCUT2D eigenvalue weighted by Gasteiger charge is -2.08. The number of hydrogen-bond donors (Lipinski definition) is 3. The number of amides is 1. The van der Waals surface area contributed by atoms with Gasteiger partial charge in [0, 0.05) is 11.6 Å². The van der Waals surface area contributed by atoms with Crippen molar-refractivity contribution >= 4 is 5.91 Å². The molecule has 5 nitrogen and oxygen atoms in total. The quantitative estimate of drug-likeness (QED) is 0.795. The summed E-state index contributed by atoms with van der Waals surface area (Å²) in [6, 6.07) is 5.90. The van der Waals surface area contributed by atoms with E-state index in [4.69, 9.17) is 5.11 Å². The standard InChI is InChI=1S/C14H16FN3O2/c1-8-5-10(3-4-11(8)15)12-6-13(18-17-12)14(20)16-9(2)7-19/h3-6,9,19H,7H2,1-2H3,(H,16,20)(H,17,18)/t9-/m0/s1. The number of carbonyl (C=O) groups excluding carboxylic acids is 1. The van der Waals surface area contributed by atoms with Gasteiger partial charge in [-0.25, -0.2) is 4.39 Å². The molecule has 3 N–H and O–H groups in total. The molecule has 1 aromatic heterocycles. The molecule has 1 amide bonds. The van der Waals surface area contributed by atoms with Crippen molar-refractivity contribution in [3.63, 3.8) is 0 Å². The second-order valence-corrected chi connectivity index (χ2v) is 4.69. The van der Waals surface area contributed by atoms with Crippen LogP contribution in [0.25, 0.3) is 11.3 Å². The van der Waals surface area contributed by atoms with E-state index in [9.17, 15) is 9.18 Å². The number of nitrogens with one attached hydrogen (secondary N) is 2. The van der Waals surface area contributed by atoms with E-state index in [0.29, 0.717) is 17.0 Å². The highest BCUT2D eigenvalue weighted by Gasteiger charge is 2.13. The van der Waals surface area contributed by atoms with Crippen LogP contribution < -0.4 is 5.32 Å². The van der Waals surface area contributed by atoms with Gasteiger partial charge in [-0.05, 0) is 43.7 Å². The minimum absolute atomic E-state index is 0.135. The monoisotopic (exact) mass is 277 g/mol. The Morgan fingerprint density at radius 3 is 2.90 bits per heavy atom. The maximum Gasteiger partial charge on any atom is 0.269 e. The summed E-state index contributed by atoms with van der Waals surface area (Å²) in [5, 5.41) is 18.2. The lowest BCUT2D eigenvalue weighted by molar-refractivity contribution is 0.0917. The zero-order chi connectivity index (χ0) is 14.7. The molecule has 1 heterocycles. The summed E-state index contributed by atoms with van der Waals surface area (Å²) in [6.45, 7) is 3.23. The lowest BCUT2D eigenvalue weighted by Crippen LogP contribution is -2.35. The Balaban J connectivity index is 2.20. The van der Waals surface area contributed by atoms with E-state index in [2.05, 4.69) is 15.5 Å². The molecule has 0 bridgehead atoms. The molecule has 2 rings (SSSR count). The van der Waals surface area contributed by atoms with Gasteiger partial charge in [-0.15, -0.1) is 0 Å². The van der Waals surface area contributed by atoms with Gasteiger partial charge < -0.3 is 10.4 Å². The van der Waals surface area contributed by atoms with Crippen molar-refractivity contribution < 1.29 is 14.3 Å². The number of aromatic amines is 1. The maximum absolute atomic E-state index is 13.2. The number of aliphatic hydroxyl groups is 1. The molecule has 0 unspecified atom stereocenters. The molecule has 6 heteroatoms. The van der Waals surface area contributed by atoms with E-state index in [1.165, 1.54) is 6.07 Å². The number of aromatic nitrogens is 2. The van der Waals surface area contributed by atoms with E-state index < -0.39 is 0 Å². The number of carbonyl (C=O) groups is 1. The molecule has 0 saturated heterocycles. The number of aryl methyl sites for hydroxylation is 1. The molecule has 20 heavy (non-hydrogen) atoms. The van der Waals surface area contributed by atoms with Gasteiger partial charge in [0.25, 0.3) is 5.91 Å². The van der Waals surface area contributed by atoms with E-state index in [1.807, 2.05) is 0 Å². The zero-order valence-corrected chi connectivity index (χ0v) is 11.3. The number of H-pyrrole nitrogens is 1. The Hall–Kier alpha value is -2.21. The fraction of sp³-hybridized carbons (Fsp3) is 0.286. The second kappa shape index (κ2) is 5.83. The average Bonchev–Trinajstić information content (AvgIpc) is 2.91. The zero-order valence-electron chi connectivity index (χ0n) is 11.3. The van der Waals surface area contributed by atoms with Crippen LogP contribution in [0.1, 0.15) is 23.0 Å². The Bertz CT molecular complexity index is 625. The highest BCUT2D eigenvalue weighted by molar-refractivity contribution is 5.93. The van der Waals surface area contributed by atoms with Crippen molar-refractivity contribution in [3.05, 3.63) is 41.3 Å². The molecule has 0 radical (unpaired) electrons. The van der Waals surface area contributed by atoms with Gasteiger partial charge in [-0.1, -0.05) is 0 Å². The molecule has 0 aliphatic heterocycles. The first-order valence-electron chi connectivity index (χ1n) is 6.25. The van der Waals surface area contributed by atoms with E-state index in [-0.39, 0.29) is 24.4 Å².